The van der Waals surface area contributed by atoms with Crippen LogP contribution < -0.4 is 14.4 Å². The van der Waals surface area contributed by atoms with E-state index in [0.717, 1.165) is 10.6 Å². The number of carbonyl (C=O) groups is 2. The van der Waals surface area contributed by atoms with Crippen LogP contribution in [0, 0.1) is 5.82 Å². The van der Waals surface area contributed by atoms with E-state index >= 15 is 0 Å². The molecule has 0 saturated heterocycles. The molecule has 2 amide bonds. The summed E-state index contributed by atoms with van der Waals surface area (Å²) in [6.45, 7) is 3.08. The van der Waals surface area contributed by atoms with Crippen molar-refractivity contribution in [1.29, 1.82) is 0 Å². The van der Waals surface area contributed by atoms with Crippen molar-refractivity contribution in [2.45, 2.75) is 26.4 Å². The summed E-state index contributed by atoms with van der Waals surface area (Å²) in [7, 11) is -2.42. The minimum atomic E-state index is -3.86. The fourth-order valence-electron chi connectivity index (χ4n) is 3.11. The van der Waals surface area contributed by atoms with Crippen LogP contribution >= 0.6 is 0 Å². The molecule has 0 aliphatic rings. The molecule has 0 radical (unpaired) electrons. The Bertz CT molecular complexity index is 1040. The van der Waals surface area contributed by atoms with Crippen molar-refractivity contribution >= 4 is 27.5 Å². The maximum absolute atomic E-state index is 13.3. The van der Waals surface area contributed by atoms with Gasteiger partial charge in [0.25, 0.3) is 0 Å². The maximum Gasteiger partial charge on any atom is 0.244 e. The predicted molar refractivity (Wildman–Crippen MR) is 120 cm³/mol. The van der Waals surface area contributed by atoms with E-state index in [0.29, 0.717) is 17.9 Å². The number of nitrogens with one attached hydrogen (secondary N) is 1. The summed E-state index contributed by atoms with van der Waals surface area (Å²) in [5.74, 6) is -1.12. The third-order valence-corrected chi connectivity index (χ3v) is 5.92. The van der Waals surface area contributed by atoms with Gasteiger partial charge in [0.05, 0.1) is 18.6 Å². The Morgan fingerprint density at radius 1 is 1.12 bits per heavy atom. The van der Waals surface area contributed by atoms with Gasteiger partial charge in [0.1, 0.15) is 24.2 Å². The van der Waals surface area contributed by atoms with Crippen molar-refractivity contribution in [2.24, 2.45) is 0 Å². The van der Waals surface area contributed by atoms with Gasteiger partial charge in [0, 0.05) is 13.6 Å². The lowest BCUT2D eigenvalue weighted by atomic mass is 10.1. The summed E-state index contributed by atoms with van der Waals surface area (Å²) in [6, 6.07) is 11.1. The minimum Gasteiger partial charge on any atom is -0.492 e. The number of para-hydroxylation sites is 2. The molecular weight excluding hydrogens is 437 g/mol. The van der Waals surface area contributed by atoms with Gasteiger partial charge in [-0.05, 0) is 43.7 Å². The zero-order valence-electron chi connectivity index (χ0n) is 18.5. The number of ether oxygens (including phenoxy) is 1. The van der Waals surface area contributed by atoms with Crippen LogP contribution in [0.25, 0.3) is 0 Å². The Hall–Kier alpha value is -3.14. The number of hydrogen-bond acceptors (Lipinski definition) is 5. The first kappa shape index (κ1) is 25.1. The zero-order chi connectivity index (χ0) is 23.9. The molecule has 8 nitrogen and oxygen atoms in total. The highest BCUT2D eigenvalue weighted by Gasteiger charge is 2.30. The SMILES string of the molecule is CCOc1ccccc1N(CC(=O)N(Cc1ccc(F)cc1)C(C)C(=O)NC)S(C)(=O)=O. The number of nitrogens with zero attached hydrogens (tertiary/aromatic N) is 2. The van der Waals surface area contributed by atoms with Crippen LogP contribution in [0.2, 0.25) is 0 Å². The smallest absolute Gasteiger partial charge is 0.244 e. The van der Waals surface area contributed by atoms with E-state index in [1.807, 2.05) is 0 Å². The first-order valence-corrected chi connectivity index (χ1v) is 11.9. The lowest BCUT2D eigenvalue weighted by Crippen LogP contribution is -2.50. The normalized spacial score (nSPS) is 12.0. The Balaban J connectivity index is 2.41. The van der Waals surface area contributed by atoms with Crippen molar-refractivity contribution in [1.82, 2.24) is 10.2 Å². The van der Waals surface area contributed by atoms with Gasteiger partial charge >= 0.3 is 0 Å². The first-order valence-electron chi connectivity index (χ1n) is 10.0. The standard InChI is InChI=1S/C22H28FN3O5S/c1-5-31-20-9-7-6-8-19(20)26(32(4,29)30)15-21(27)25(16(2)22(28)24-3)14-17-10-12-18(23)13-11-17/h6-13,16H,5,14-15H2,1-4H3,(H,24,28). The molecule has 1 N–H and O–H groups in total. The van der Waals surface area contributed by atoms with E-state index in [4.69, 9.17) is 4.74 Å². The molecule has 0 spiro atoms. The highest BCUT2D eigenvalue weighted by Crippen LogP contribution is 2.30. The highest BCUT2D eigenvalue weighted by molar-refractivity contribution is 7.92. The first-order chi connectivity index (χ1) is 15.1. The second-order valence-electron chi connectivity index (χ2n) is 7.11. The number of hydrogen-bond donors (Lipinski definition) is 1. The Labute approximate surface area is 188 Å². The molecule has 32 heavy (non-hydrogen) atoms. The van der Waals surface area contributed by atoms with E-state index < -0.39 is 40.2 Å². The summed E-state index contributed by atoms with van der Waals surface area (Å²) < 4.78 is 44.9. The Kier molecular flexibility index (Phi) is 8.59. The van der Waals surface area contributed by atoms with Crippen molar-refractivity contribution in [3.63, 3.8) is 0 Å². The molecule has 2 rings (SSSR count). The fourth-order valence-corrected chi connectivity index (χ4v) is 3.97. The molecule has 1 atom stereocenters. The van der Waals surface area contributed by atoms with Crippen LogP contribution in [0.3, 0.4) is 0 Å². The summed E-state index contributed by atoms with van der Waals surface area (Å²) >= 11 is 0. The number of rotatable bonds is 10. The van der Waals surface area contributed by atoms with E-state index in [9.17, 15) is 22.4 Å². The van der Waals surface area contributed by atoms with E-state index in [2.05, 4.69) is 5.32 Å². The molecule has 2 aromatic carbocycles. The number of sulfonamides is 1. The molecule has 0 aromatic heterocycles. The largest absolute Gasteiger partial charge is 0.492 e. The minimum absolute atomic E-state index is 0.00158. The number of likely N-dealkylation sites (N-methyl/N-ethyl adjacent to an activating group) is 1. The lowest BCUT2D eigenvalue weighted by Gasteiger charge is -2.31. The molecule has 0 saturated carbocycles. The number of benzene rings is 2. The molecule has 0 bridgehead atoms. The summed E-state index contributed by atoms with van der Waals surface area (Å²) in [5.41, 5.74) is 0.815. The average molecular weight is 466 g/mol. The molecule has 10 heteroatoms. The molecule has 0 aliphatic heterocycles. The third-order valence-electron chi connectivity index (χ3n) is 4.79. The lowest BCUT2D eigenvalue weighted by molar-refractivity contribution is -0.139. The molecule has 2 aromatic rings. The van der Waals surface area contributed by atoms with Gasteiger partial charge in [-0.25, -0.2) is 12.8 Å². The summed E-state index contributed by atoms with van der Waals surface area (Å²) in [4.78, 5) is 26.8. The molecule has 0 aliphatic carbocycles. The van der Waals surface area contributed by atoms with Gasteiger partial charge in [-0.2, -0.15) is 0 Å². The van der Waals surface area contributed by atoms with Crippen LogP contribution in [0.1, 0.15) is 19.4 Å². The topological polar surface area (TPSA) is 96.0 Å². The van der Waals surface area contributed by atoms with Crippen molar-refractivity contribution in [3.05, 3.63) is 59.9 Å². The van der Waals surface area contributed by atoms with Crippen LogP contribution in [-0.4, -0.2) is 57.6 Å². The second-order valence-corrected chi connectivity index (χ2v) is 9.02. The monoisotopic (exact) mass is 465 g/mol. The number of carbonyl (C=O) groups excluding carboxylic acids is 2. The number of anilines is 1. The molecule has 0 heterocycles. The number of halogens is 1. The quantitative estimate of drug-likeness (QED) is 0.580. The van der Waals surface area contributed by atoms with Gasteiger partial charge < -0.3 is 15.0 Å². The van der Waals surface area contributed by atoms with Crippen LogP contribution in [0.5, 0.6) is 5.75 Å². The van der Waals surface area contributed by atoms with Gasteiger partial charge in [-0.1, -0.05) is 24.3 Å². The van der Waals surface area contributed by atoms with Crippen molar-refractivity contribution in [2.75, 3.05) is 30.8 Å². The summed E-state index contributed by atoms with van der Waals surface area (Å²) in [6.07, 6.45) is 0.996. The van der Waals surface area contributed by atoms with Crippen LogP contribution in [0.4, 0.5) is 10.1 Å². The van der Waals surface area contributed by atoms with Gasteiger partial charge in [0.2, 0.25) is 21.8 Å². The van der Waals surface area contributed by atoms with Crippen LogP contribution in [0.15, 0.2) is 48.5 Å². The third kappa shape index (κ3) is 6.43. The maximum atomic E-state index is 13.3. The van der Waals surface area contributed by atoms with Gasteiger partial charge in [0.15, 0.2) is 0 Å². The van der Waals surface area contributed by atoms with Crippen molar-refractivity contribution in [3.8, 4) is 5.75 Å². The zero-order valence-corrected chi connectivity index (χ0v) is 19.4. The molecule has 174 valence electrons. The average Bonchev–Trinajstić information content (AvgIpc) is 2.76. The predicted octanol–water partition coefficient (Wildman–Crippen LogP) is 2.15. The van der Waals surface area contributed by atoms with Crippen molar-refractivity contribution < 1.29 is 27.1 Å². The van der Waals surface area contributed by atoms with Crippen LogP contribution in [-0.2, 0) is 26.2 Å². The van der Waals surface area contributed by atoms with Gasteiger partial charge in [-0.15, -0.1) is 0 Å². The fraction of sp³-hybridized carbons (Fsp3) is 0.364. The van der Waals surface area contributed by atoms with E-state index in [1.165, 1.54) is 36.2 Å². The highest BCUT2D eigenvalue weighted by atomic mass is 32.2. The van der Waals surface area contributed by atoms with Gasteiger partial charge in [-0.3, -0.25) is 13.9 Å². The Morgan fingerprint density at radius 2 is 1.75 bits per heavy atom. The summed E-state index contributed by atoms with van der Waals surface area (Å²) in [5, 5.41) is 2.49. The Morgan fingerprint density at radius 3 is 2.31 bits per heavy atom. The second kappa shape index (κ2) is 10.9. The molecular formula is C22H28FN3O5S. The molecule has 0 fully saturated rings. The van der Waals surface area contributed by atoms with E-state index in [-0.39, 0.29) is 12.2 Å². The number of amides is 2. The van der Waals surface area contributed by atoms with E-state index in [1.54, 1.807) is 38.1 Å². The molecule has 1 unspecified atom stereocenters.